The molecular formula is C24H29NO3. The van der Waals surface area contributed by atoms with Crippen LogP contribution in [0.3, 0.4) is 0 Å². The number of esters is 1. The number of carbonyl (C=O) groups is 2. The summed E-state index contributed by atoms with van der Waals surface area (Å²) in [5, 5.41) is 0. The number of Topliss-reactive ketones (excluding diaryl/α,β-unsaturated/α-hetero) is 1. The molecule has 2 aromatic rings. The lowest BCUT2D eigenvalue weighted by molar-refractivity contribution is 0.0232. The van der Waals surface area contributed by atoms with E-state index >= 15 is 0 Å². The van der Waals surface area contributed by atoms with Crippen molar-refractivity contribution in [3.63, 3.8) is 0 Å². The van der Waals surface area contributed by atoms with E-state index in [1.54, 1.807) is 0 Å². The molecule has 148 valence electrons. The second-order valence-electron chi connectivity index (χ2n) is 8.29. The maximum atomic E-state index is 12.8. The Labute approximate surface area is 166 Å². The molecule has 4 nitrogen and oxygen atoms in total. The van der Waals surface area contributed by atoms with Gasteiger partial charge in [-0.1, -0.05) is 49.6 Å². The molecule has 1 heterocycles. The lowest BCUT2D eigenvalue weighted by Gasteiger charge is -2.22. The van der Waals surface area contributed by atoms with Gasteiger partial charge in [0, 0.05) is 17.7 Å². The smallest absolute Gasteiger partial charge is 0.355 e. The minimum Gasteiger partial charge on any atom is -0.458 e. The lowest BCUT2D eigenvalue weighted by Crippen LogP contribution is -2.20. The van der Waals surface area contributed by atoms with Crippen molar-refractivity contribution in [2.75, 3.05) is 0 Å². The van der Waals surface area contributed by atoms with E-state index in [4.69, 9.17) is 4.74 Å². The summed E-state index contributed by atoms with van der Waals surface area (Å²) in [6, 6.07) is 10.1. The van der Waals surface area contributed by atoms with Gasteiger partial charge in [0.15, 0.2) is 5.78 Å². The summed E-state index contributed by atoms with van der Waals surface area (Å²) < 4.78 is 5.84. The number of H-pyrrole nitrogens is 1. The summed E-state index contributed by atoms with van der Waals surface area (Å²) in [6.45, 7) is 1.87. The van der Waals surface area contributed by atoms with Gasteiger partial charge in [-0.05, 0) is 56.1 Å². The third-order valence-electron chi connectivity index (χ3n) is 6.29. The molecule has 1 aromatic heterocycles. The van der Waals surface area contributed by atoms with E-state index < -0.39 is 0 Å². The fraction of sp³-hybridized carbons (Fsp3) is 0.500. The van der Waals surface area contributed by atoms with Crippen molar-refractivity contribution < 1.29 is 14.3 Å². The van der Waals surface area contributed by atoms with Crippen LogP contribution in [0.2, 0.25) is 0 Å². The van der Waals surface area contributed by atoms with Gasteiger partial charge in [0.05, 0.1) is 0 Å². The first-order valence-corrected chi connectivity index (χ1v) is 10.6. The molecule has 2 aliphatic rings. The molecule has 4 rings (SSSR count). The fourth-order valence-corrected chi connectivity index (χ4v) is 4.75. The number of aromatic amines is 1. The van der Waals surface area contributed by atoms with Crippen molar-refractivity contribution in [2.45, 2.75) is 76.7 Å². The molecular weight excluding hydrogens is 350 g/mol. The van der Waals surface area contributed by atoms with Crippen LogP contribution in [0.15, 0.2) is 30.3 Å². The van der Waals surface area contributed by atoms with Crippen LogP contribution in [-0.4, -0.2) is 22.8 Å². The van der Waals surface area contributed by atoms with Gasteiger partial charge in [0.2, 0.25) is 0 Å². The van der Waals surface area contributed by atoms with Gasteiger partial charge in [-0.25, -0.2) is 4.79 Å². The van der Waals surface area contributed by atoms with Crippen molar-refractivity contribution in [1.29, 1.82) is 0 Å². The van der Waals surface area contributed by atoms with Gasteiger partial charge in [-0.3, -0.25) is 4.79 Å². The predicted octanol–water partition coefficient (Wildman–Crippen LogP) is 5.51. The molecule has 0 spiro atoms. The van der Waals surface area contributed by atoms with Crippen LogP contribution in [0.4, 0.5) is 0 Å². The highest BCUT2D eigenvalue weighted by Crippen LogP contribution is 2.35. The third kappa shape index (κ3) is 3.91. The number of ether oxygens (including phenoxy) is 1. The van der Waals surface area contributed by atoms with E-state index in [-0.39, 0.29) is 23.8 Å². The number of nitrogens with one attached hydrogen (secondary N) is 1. The number of hydrogen-bond donors (Lipinski definition) is 1. The summed E-state index contributed by atoms with van der Waals surface area (Å²) in [5.74, 6) is -0.0240. The van der Waals surface area contributed by atoms with Crippen molar-refractivity contribution in [2.24, 2.45) is 0 Å². The normalized spacial score (nSPS) is 20.9. The Hall–Kier alpha value is -2.36. The minimum atomic E-state index is -0.304. The highest BCUT2D eigenvalue weighted by atomic mass is 16.5. The topological polar surface area (TPSA) is 59.2 Å². The van der Waals surface area contributed by atoms with Crippen LogP contribution in [0.1, 0.15) is 95.0 Å². The van der Waals surface area contributed by atoms with Gasteiger partial charge in [-0.15, -0.1) is 0 Å². The summed E-state index contributed by atoms with van der Waals surface area (Å²) in [7, 11) is 0. The molecule has 0 bridgehead atoms. The Balaban J connectivity index is 1.52. The maximum Gasteiger partial charge on any atom is 0.355 e. The van der Waals surface area contributed by atoms with E-state index in [0.717, 1.165) is 43.4 Å². The number of fused-ring (bicyclic) bond motifs is 1. The third-order valence-corrected chi connectivity index (χ3v) is 6.29. The first kappa shape index (κ1) is 19.0. The van der Waals surface area contributed by atoms with Crippen LogP contribution >= 0.6 is 0 Å². The number of rotatable bonds is 3. The molecule has 1 aromatic carbocycles. The summed E-state index contributed by atoms with van der Waals surface area (Å²) in [6.07, 6.45) is 9.10. The van der Waals surface area contributed by atoms with Crippen LogP contribution in [0.5, 0.6) is 0 Å². The Morgan fingerprint density at radius 1 is 1.00 bits per heavy atom. The molecule has 0 saturated heterocycles. The minimum absolute atomic E-state index is 0.000275. The van der Waals surface area contributed by atoms with E-state index in [1.807, 2.05) is 25.1 Å². The number of carbonyl (C=O) groups excluding carboxylic acids is 2. The molecule has 1 atom stereocenters. The summed E-state index contributed by atoms with van der Waals surface area (Å²) in [4.78, 5) is 28.9. The average Bonchev–Trinajstić information content (AvgIpc) is 3.01. The predicted molar refractivity (Wildman–Crippen MR) is 109 cm³/mol. The summed E-state index contributed by atoms with van der Waals surface area (Å²) in [5.41, 5.74) is 3.98. The Bertz CT molecular complexity index is 844. The molecule has 0 aliphatic heterocycles. The van der Waals surface area contributed by atoms with E-state index in [1.165, 1.54) is 24.8 Å². The fourth-order valence-electron chi connectivity index (χ4n) is 4.75. The van der Waals surface area contributed by atoms with Gasteiger partial charge in [-0.2, -0.15) is 0 Å². The molecule has 4 heteroatoms. The van der Waals surface area contributed by atoms with Gasteiger partial charge < -0.3 is 9.72 Å². The van der Waals surface area contributed by atoms with Gasteiger partial charge in [0.1, 0.15) is 11.8 Å². The van der Waals surface area contributed by atoms with Crippen LogP contribution in [0, 0.1) is 6.92 Å². The van der Waals surface area contributed by atoms with Crippen molar-refractivity contribution in [1.82, 2.24) is 4.98 Å². The number of benzene rings is 1. The number of hydrogen-bond acceptors (Lipinski definition) is 3. The van der Waals surface area contributed by atoms with Crippen LogP contribution in [-0.2, 0) is 11.2 Å². The largest absolute Gasteiger partial charge is 0.458 e. The van der Waals surface area contributed by atoms with E-state index in [2.05, 4.69) is 17.1 Å². The summed E-state index contributed by atoms with van der Waals surface area (Å²) >= 11 is 0. The van der Waals surface area contributed by atoms with Crippen LogP contribution in [0.25, 0.3) is 0 Å². The van der Waals surface area contributed by atoms with Gasteiger partial charge >= 0.3 is 5.97 Å². The second kappa shape index (κ2) is 8.34. The molecule has 2 aliphatic carbocycles. The van der Waals surface area contributed by atoms with Gasteiger partial charge in [0.25, 0.3) is 0 Å². The average molecular weight is 380 g/mol. The van der Waals surface area contributed by atoms with Crippen LogP contribution < -0.4 is 0 Å². The van der Waals surface area contributed by atoms with E-state index in [0.29, 0.717) is 17.7 Å². The number of aromatic nitrogens is 1. The Morgan fingerprint density at radius 2 is 1.68 bits per heavy atom. The molecule has 28 heavy (non-hydrogen) atoms. The zero-order valence-corrected chi connectivity index (χ0v) is 16.6. The zero-order chi connectivity index (χ0) is 19.5. The molecule has 0 amide bonds. The highest BCUT2D eigenvalue weighted by Gasteiger charge is 2.32. The monoisotopic (exact) mass is 379 g/mol. The lowest BCUT2D eigenvalue weighted by atomic mass is 9.81. The highest BCUT2D eigenvalue weighted by molar-refractivity contribution is 6.03. The quantitative estimate of drug-likeness (QED) is 0.716. The molecule has 0 radical (unpaired) electrons. The maximum absolute atomic E-state index is 12.8. The molecule has 1 unspecified atom stereocenters. The Morgan fingerprint density at radius 3 is 2.39 bits per heavy atom. The zero-order valence-electron chi connectivity index (χ0n) is 16.6. The van der Waals surface area contributed by atoms with Crippen molar-refractivity contribution in [3.8, 4) is 0 Å². The Kier molecular flexibility index (Phi) is 5.65. The molecule has 1 N–H and O–H groups in total. The first-order valence-electron chi connectivity index (χ1n) is 10.6. The van der Waals surface area contributed by atoms with Crippen molar-refractivity contribution in [3.05, 3.63) is 58.4 Å². The second-order valence-corrected chi connectivity index (χ2v) is 8.29. The SMILES string of the molecule is Cc1c(C(=O)OC2CCCCCCC2)[nH]c2c1C(=O)CC(c1ccccc1)C2. The molecule has 1 saturated carbocycles. The number of ketones is 1. The van der Waals surface area contributed by atoms with E-state index in [9.17, 15) is 9.59 Å². The van der Waals surface area contributed by atoms with Crippen molar-refractivity contribution >= 4 is 11.8 Å². The first-order chi connectivity index (χ1) is 13.6. The standard InChI is InChI=1S/C24H29NO3/c1-16-22-20(14-18(15-21(22)26)17-10-6-5-7-11-17)25-23(16)24(27)28-19-12-8-3-2-4-9-13-19/h5-7,10-11,18-19,25H,2-4,8-9,12-15H2,1H3. The molecule has 1 fully saturated rings.